The molecule has 5 nitrogen and oxygen atoms in total. The Morgan fingerprint density at radius 3 is 2.39 bits per heavy atom. The first-order chi connectivity index (χ1) is 14.6. The number of alkyl halides is 2. The zero-order valence-electron chi connectivity index (χ0n) is 17.1. The average Bonchev–Trinajstić information content (AvgIpc) is 3.06. The second-order valence-corrected chi connectivity index (χ2v) is 7.94. The van der Waals surface area contributed by atoms with Gasteiger partial charge in [-0.25, -0.2) is 18.0 Å². The highest BCUT2D eigenvalue weighted by Gasteiger charge is 2.35. The molecule has 4 rings (SSSR count). The van der Waals surface area contributed by atoms with Crippen molar-refractivity contribution in [1.29, 1.82) is 0 Å². The Hall–Kier alpha value is -3.16. The van der Waals surface area contributed by atoms with Crippen molar-refractivity contribution < 1.29 is 32.2 Å². The minimum Gasteiger partial charge on any atom is -0.489 e. The number of fused-ring (bicyclic) bond motifs is 1. The summed E-state index contributed by atoms with van der Waals surface area (Å²) in [5.74, 6) is -3.84. The highest BCUT2D eigenvalue weighted by molar-refractivity contribution is 6.09. The molecule has 1 saturated heterocycles. The summed E-state index contributed by atoms with van der Waals surface area (Å²) in [4.78, 5) is 13.9. The molecule has 2 heterocycles. The summed E-state index contributed by atoms with van der Waals surface area (Å²) < 4.78 is 52.4. The molecule has 0 aliphatic carbocycles. The van der Waals surface area contributed by atoms with Crippen LogP contribution in [0.25, 0.3) is 22.3 Å². The standard InChI is InChI=1S/C23H22F3NO4/c1-13(2)30-19-11-16-18(12-17(19)27-9-7-23(25,26)8-10-27)31-21(20(16)22(28)29)14-3-5-15(24)6-4-14/h3-6,11-13H,7-10H2,1-2H3,(H,28,29). The molecule has 1 aliphatic heterocycles. The minimum atomic E-state index is -2.70. The van der Waals surface area contributed by atoms with Gasteiger partial charge in [0.25, 0.3) is 5.92 Å². The number of carboxylic acid groups (broad SMARTS) is 1. The van der Waals surface area contributed by atoms with E-state index in [1.165, 1.54) is 24.3 Å². The number of aromatic carboxylic acids is 1. The van der Waals surface area contributed by atoms with Crippen LogP contribution in [0.5, 0.6) is 5.75 Å². The smallest absolute Gasteiger partial charge is 0.340 e. The van der Waals surface area contributed by atoms with Crippen molar-refractivity contribution in [3.63, 3.8) is 0 Å². The highest BCUT2D eigenvalue weighted by Crippen LogP contribution is 2.42. The van der Waals surface area contributed by atoms with E-state index in [1.807, 2.05) is 13.8 Å². The molecule has 8 heteroatoms. The molecule has 31 heavy (non-hydrogen) atoms. The summed E-state index contributed by atoms with van der Waals surface area (Å²) in [6.07, 6.45) is -0.754. The van der Waals surface area contributed by atoms with E-state index in [0.29, 0.717) is 28.0 Å². The average molecular weight is 433 g/mol. The van der Waals surface area contributed by atoms with Crippen LogP contribution in [0.2, 0.25) is 0 Å². The van der Waals surface area contributed by atoms with E-state index in [2.05, 4.69) is 0 Å². The Kier molecular flexibility index (Phi) is 5.33. The number of anilines is 1. The molecule has 1 N–H and O–H groups in total. The Labute approximate surface area is 177 Å². The molecule has 0 amide bonds. The largest absolute Gasteiger partial charge is 0.489 e. The number of carbonyl (C=O) groups is 1. The van der Waals surface area contributed by atoms with Crippen molar-refractivity contribution in [2.75, 3.05) is 18.0 Å². The quantitative estimate of drug-likeness (QED) is 0.538. The van der Waals surface area contributed by atoms with Crippen molar-refractivity contribution >= 4 is 22.6 Å². The van der Waals surface area contributed by atoms with E-state index < -0.39 is 17.7 Å². The van der Waals surface area contributed by atoms with Crippen LogP contribution in [0, 0.1) is 5.82 Å². The predicted molar refractivity (Wildman–Crippen MR) is 111 cm³/mol. The van der Waals surface area contributed by atoms with E-state index in [4.69, 9.17) is 9.15 Å². The summed E-state index contributed by atoms with van der Waals surface area (Å²) in [7, 11) is 0. The van der Waals surface area contributed by atoms with Crippen LogP contribution in [-0.2, 0) is 0 Å². The van der Waals surface area contributed by atoms with Gasteiger partial charge in [0.05, 0.1) is 11.8 Å². The number of nitrogens with zero attached hydrogens (tertiary/aromatic N) is 1. The molecule has 0 radical (unpaired) electrons. The molecule has 0 atom stereocenters. The van der Waals surface area contributed by atoms with E-state index in [1.54, 1.807) is 17.0 Å². The molecule has 2 aromatic carbocycles. The number of furan rings is 1. The van der Waals surface area contributed by atoms with Gasteiger partial charge in [-0.2, -0.15) is 0 Å². The van der Waals surface area contributed by atoms with Crippen molar-refractivity contribution in [2.24, 2.45) is 0 Å². The van der Waals surface area contributed by atoms with E-state index in [-0.39, 0.29) is 43.4 Å². The van der Waals surface area contributed by atoms with Crippen LogP contribution in [0.3, 0.4) is 0 Å². The van der Waals surface area contributed by atoms with Crippen LogP contribution in [0.1, 0.15) is 37.0 Å². The summed E-state index contributed by atoms with van der Waals surface area (Å²) in [6, 6.07) is 8.55. The molecule has 1 aliphatic rings. The van der Waals surface area contributed by atoms with Crippen LogP contribution in [-0.4, -0.2) is 36.2 Å². The Balaban J connectivity index is 1.87. The molecule has 0 spiro atoms. The first-order valence-corrected chi connectivity index (χ1v) is 10.0. The molecule has 0 unspecified atom stereocenters. The maximum atomic E-state index is 13.6. The third-order valence-electron chi connectivity index (χ3n) is 5.29. The fourth-order valence-electron chi connectivity index (χ4n) is 3.80. The monoisotopic (exact) mass is 433 g/mol. The molecule has 164 valence electrons. The Morgan fingerprint density at radius 2 is 1.81 bits per heavy atom. The summed E-state index contributed by atoms with van der Waals surface area (Å²) in [5.41, 5.74) is 1.22. The van der Waals surface area contributed by atoms with Gasteiger partial charge in [0.15, 0.2) is 0 Å². The van der Waals surface area contributed by atoms with Gasteiger partial charge in [-0.05, 0) is 44.2 Å². The fraction of sp³-hybridized carbons (Fsp3) is 0.348. The predicted octanol–water partition coefficient (Wildman–Crippen LogP) is 5.96. The van der Waals surface area contributed by atoms with Gasteiger partial charge in [0.2, 0.25) is 0 Å². The summed E-state index contributed by atoms with van der Waals surface area (Å²) >= 11 is 0. The van der Waals surface area contributed by atoms with E-state index in [9.17, 15) is 23.1 Å². The van der Waals surface area contributed by atoms with Crippen molar-refractivity contribution in [3.05, 3.63) is 47.8 Å². The summed E-state index contributed by atoms with van der Waals surface area (Å²) in [5, 5.41) is 10.2. The SMILES string of the molecule is CC(C)Oc1cc2c(C(=O)O)c(-c3ccc(F)cc3)oc2cc1N1CCC(F)(F)CC1. The third kappa shape index (κ3) is 4.19. The van der Waals surface area contributed by atoms with Gasteiger partial charge in [0, 0.05) is 42.9 Å². The number of benzene rings is 2. The van der Waals surface area contributed by atoms with Crippen LogP contribution < -0.4 is 9.64 Å². The molecule has 3 aromatic rings. The number of hydrogen-bond donors (Lipinski definition) is 1. The normalized spacial score (nSPS) is 16.1. The molecule has 1 fully saturated rings. The zero-order chi connectivity index (χ0) is 22.3. The number of ether oxygens (including phenoxy) is 1. The van der Waals surface area contributed by atoms with Crippen molar-refractivity contribution in [2.45, 2.75) is 38.7 Å². The first-order valence-electron chi connectivity index (χ1n) is 10.0. The van der Waals surface area contributed by atoms with Gasteiger partial charge >= 0.3 is 5.97 Å². The van der Waals surface area contributed by atoms with Crippen LogP contribution in [0.4, 0.5) is 18.9 Å². The van der Waals surface area contributed by atoms with Crippen LogP contribution in [0.15, 0.2) is 40.8 Å². The maximum Gasteiger partial charge on any atom is 0.340 e. The molecule has 0 saturated carbocycles. The second kappa shape index (κ2) is 7.83. The molecular formula is C23H22F3NO4. The van der Waals surface area contributed by atoms with E-state index >= 15 is 0 Å². The fourth-order valence-corrected chi connectivity index (χ4v) is 3.80. The van der Waals surface area contributed by atoms with Gasteiger partial charge in [-0.1, -0.05) is 0 Å². The number of rotatable bonds is 5. The highest BCUT2D eigenvalue weighted by atomic mass is 19.3. The lowest BCUT2D eigenvalue weighted by Crippen LogP contribution is -2.39. The lowest BCUT2D eigenvalue weighted by atomic mass is 10.0. The topological polar surface area (TPSA) is 62.9 Å². The van der Waals surface area contributed by atoms with Gasteiger partial charge in [-0.15, -0.1) is 0 Å². The Morgan fingerprint density at radius 1 is 1.16 bits per heavy atom. The number of piperidine rings is 1. The van der Waals surface area contributed by atoms with Gasteiger partial charge in [0.1, 0.15) is 28.5 Å². The number of halogens is 3. The van der Waals surface area contributed by atoms with Crippen molar-refractivity contribution in [3.8, 4) is 17.1 Å². The number of hydrogen-bond acceptors (Lipinski definition) is 4. The third-order valence-corrected chi connectivity index (χ3v) is 5.29. The molecular weight excluding hydrogens is 411 g/mol. The number of carboxylic acids is 1. The first kappa shape index (κ1) is 21.1. The summed E-state index contributed by atoms with van der Waals surface area (Å²) in [6.45, 7) is 3.94. The molecule has 0 bridgehead atoms. The lowest BCUT2D eigenvalue weighted by molar-refractivity contribution is -0.0221. The zero-order valence-corrected chi connectivity index (χ0v) is 17.1. The Bertz CT molecular complexity index is 1110. The van der Waals surface area contributed by atoms with E-state index in [0.717, 1.165) is 0 Å². The van der Waals surface area contributed by atoms with Gasteiger partial charge < -0.3 is 19.2 Å². The maximum absolute atomic E-state index is 13.6. The lowest BCUT2D eigenvalue weighted by Gasteiger charge is -2.34. The minimum absolute atomic E-state index is 0.0630. The molecule has 1 aromatic heterocycles. The second-order valence-electron chi connectivity index (χ2n) is 7.94. The van der Waals surface area contributed by atoms with Crippen molar-refractivity contribution in [1.82, 2.24) is 0 Å². The van der Waals surface area contributed by atoms with Gasteiger partial charge in [-0.3, -0.25) is 0 Å². The van der Waals surface area contributed by atoms with Crippen LogP contribution >= 0.6 is 0 Å².